The zero-order valence-electron chi connectivity index (χ0n) is 9.27. The number of carbonyl (C=O) groups is 1. The Kier molecular flexibility index (Phi) is 3.29. The fourth-order valence-corrected chi connectivity index (χ4v) is 1.24. The molecule has 0 radical (unpaired) electrons. The molecule has 0 bridgehead atoms. The molecule has 2 heterocycles. The van der Waals surface area contributed by atoms with Crippen LogP contribution in [0, 0.1) is 0 Å². The third kappa shape index (κ3) is 2.77. The lowest BCUT2D eigenvalue weighted by Crippen LogP contribution is -2.19. The molecule has 0 spiro atoms. The third-order valence-electron chi connectivity index (χ3n) is 2.14. The van der Waals surface area contributed by atoms with E-state index in [0.29, 0.717) is 18.1 Å². The minimum atomic E-state index is -0.252. The summed E-state index contributed by atoms with van der Waals surface area (Å²) < 4.78 is 0. The number of aromatic amines is 1. The van der Waals surface area contributed by atoms with E-state index in [1.165, 1.54) is 0 Å². The summed E-state index contributed by atoms with van der Waals surface area (Å²) >= 11 is 0. The summed E-state index contributed by atoms with van der Waals surface area (Å²) in [5.41, 5.74) is 1.24. The number of aromatic nitrogens is 4. The van der Waals surface area contributed by atoms with E-state index in [0.717, 1.165) is 5.69 Å². The molecule has 7 heteroatoms. The molecule has 17 heavy (non-hydrogen) atoms. The number of nitrogens with zero attached hydrogens (tertiary/aromatic N) is 3. The molecule has 0 saturated carbocycles. The first kappa shape index (κ1) is 11.1. The highest BCUT2D eigenvalue weighted by Gasteiger charge is 2.05. The molecule has 0 aliphatic carbocycles. The maximum atomic E-state index is 11.2. The van der Waals surface area contributed by atoms with Crippen LogP contribution in [0.3, 0.4) is 0 Å². The molecule has 3 N–H and O–H groups in total. The van der Waals surface area contributed by atoms with Crippen molar-refractivity contribution in [2.75, 3.05) is 12.4 Å². The van der Waals surface area contributed by atoms with Gasteiger partial charge in [0.05, 0.1) is 18.6 Å². The summed E-state index contributed by atoms with van der Waals surface area (Å²) in [4.78, 5) is 18.1. The summed E-state index contributed by atoms with van der Waals surface area (Å²) in [6.45, 7) is 0.577. The average Bonchev–Trinajstić information content (AvgIpc) is 2.89. The van der Waals surface area contributed by atoms with Crippen molar-refractivity contribution in [1.29, 1.82) is 0 Å². The number of anilines is 1. The van der Waals surface area contributed by atoms with E-state index in [4.69, 9.17) is 0 Å². The molecule has 1 amide bonds. The van der Waals surface area contributed by atoms with Gasteiger partial charge in [0.1, 0.15) is 5.82 Å². The Morgan fingerprint density at radius 1 is 1.41 bits per heavy atom. The van der Waals surface area contributed by atoms with Gasteiger partial charge in [-0.05, 0) is 12.1 Å². The van der Waals surface area contributed by atoms with Gasteiger partial charge in [-0.15, -0.1) is 10.2 Å². The topological polar surface area (TPSA) is 95.6 Å². The van der Waals surface area contributed by atoms with Crippen molar-refractivity contribution in [3.8, 4) is 0 Å². The first-order chi connectivity index (χ1) is 8.29. The number of hydrogen-bond donors (Lipinski definition) is 3. The number of rotatable bonds is 4. The Bertz CT molecular complexity index is 478. The van der Waals surface area contributed by atoms with Gasteiger partial charge in [-0.1, -0.05) is 0 Å². The van der Waals surface area contributed by atoms with Gasteiger partial charge < -0.3 is 15.6 Å². The Hall–Kier alpha value is -2.44. The van der Waals surface area contributed by atoms with Gasteiger partial charge in [-0.25, -0.2) is 4.98 Å². The van der Waals surface area contributed by atoms with E-state index in [1.54, 1.807) is 31.7 Å². The number of hydrogen-bond acceptors (Lipinski definition) is 5. The number of H-pyrrole nitrogens is 1. The van der Waals surface area contributed by atoms with Crippen molar-refractivity contribution in [2.45, 2.75) is 6.54 Å². The van der Waals surface area contributed by atoms with Crippen molar-refractivity contribution in [3.63, 3.8) is 0 Å². The zero-order valence-corrected chi connectivity index (χ0v) is 9.27. The molecule has 0 aliphatic heterocycles. The van der Waals surface area contributed by atoms with E-state index in [1.807, 2.05) is 0 Å². The second kappa shape index (κ2) is 5.06. The molecule has 0 aliphatic rings. The lowest BCUT2D eigenvalue weighted by molar-refractivity contribution is 0.0957. The van der Waals surface area contributed by atoms with Gasteiger partial charge in [-0.2, -0.15) is 0 Å². The Morgan fingerprint density at radius 2 is 2.29 bits per heavy atom. The highest BCUT2D eigenvalue weighted by Crippen LogP contribution is 2.03. The van der Waals surface area contributed by atoms with Crippen molar-refractivity contribution in [3.05, 3.63) is 36.0 Å². The largest absolute Gasteiger partial charge is 0.363 e. The van der Waals surface area contributed by atoms with Crippen LogP contribution in [0.2, 0.25) is 0 Å². The van der Waals surface area contributed by atoms with Crippen molar-refractivity contribution in [2.24, 2.45) is 0 Å². The molecule has 0 fully saturated rings. The Morgan fingerprint density at radius 3 is 2.88 bits per heavy atom. The predicted molar refractivity (Wildman–Crippen MR) is 61.3 cm³/mol. The maximum Gasteiger partial charge on any atom is 0.271 e. The minimum absolute atomic E-state index is 0.252. The molecular weight excluding hydrogens is 220 g/mol. The Balaban J connectivity index is 1.96. The van der Waals surface area contributed by atoms with E-state index in [-0.39, 0.29) is 5.91 Å². The maximum absolute atomic E-state index is 11.2. The first-order valence-corrected chi connectivity index (χ1v) is 5.06. The van der Waals surface area contributed by atoms with Crippen molar-refractivity contribution in [1.82, 2.24) is 25.5 Å². The summed E-state index contributed by atoms with van der Waals surface area (Å²) in [6, 6.07) is 3.31. The van der Waals surface area contributed by atoms with Crippen LogP contribution in [0.5, 0.6) is 0 Å². The molecule has 2 rings (SSSR count). The molecule has 88 valence electrons. The summed E-state index contributed by atoms with van der Waals surface area (Å²) in [5, 5.41) is 13.2. The zero-order chi connectivity index (χ0) is 12.1. The van der Waals surface area contributed by atoms with Crippen LogP contribution in [0.1, 0.15) is 16.2 Å². The second-order valence-electron chi connectivity index (χ2n) is 3.31. The quantitative estimate of drug-likeness (QED) is 0.698. The lowest BCUT2D eigenvalue weighted by Gasteiger charge is -2.03. The molecule has 7 nitrogen and oxygen atoms in total. The van der Waals surface area contributed by atoms with Crippen molar-refractivity contribution < 1.29 is 4.79 Å². The van der Waals surface area contributed by atoms with E-state index in [9.17, 15) is 4.79 Å². The molecular formula is C10H12N6O. The van der Waals surface area contributed by atoms with Crippen LogP contribution in [0.4, 0.5) is 5.82 Å². The SMILES string of the molecule is CNC(=O)c1ccc(NCc2cnc[nH]2)nn1. The van der Waals surface area contributed by atoms with Gasteiger partial charge in [0.25, 0.3) is 5.91 Å². The van der Waals surface area contributed by atoms with Gasteiger partial charge in [0, 0.05) is 13.2 Å². The second-order valence-corrected chi connectivity index (χ2v) is 3.31. The van der Waals surface area contributed by atoms with Crippen LogP contribution in [-0.4, -0.2) is 33.1 Å². The molecule has 2 aromatic rings. The van der Waals surface area contributed by atoms with Crippen LogP contribution in [-0.2, 0) is 6.54 Å². The summed E-state index contributed by atoms with van der Waals surface area (Å²) in [5.74, 6) is 0.352. The number of nitrogens with one attached hydrogen (secondary N) is 3. The predicted octanol–water partition coefficient (Wildman–Crippen LogP) is 0.171. The molecule has 0 unspecified atom stereocenters. The molecule has 0 saturated heterocycles. The monoisotopic (exact) mass is 232 g/mol. The van der Waals surface area contributed by atoms with Gasteiger partial charge in [0.15, 0.2) is 5.69 Å². The van der Waals surface area contributed by atoms with Gasteiger partial charge >= 0.3 is 0 Å². The molecule has 2 aromatic heterocycles. The van der Waals surface area contributed by atoms with Crippen molar-refractivity contribution >= 4 is 11.7 Å². The molecule has 0 aromatic carbocycles. The Labute approximate surface area is 97.7 Å². The summed E-state index contributed by atoms with van der Waals surface area (Å²) in [7, 11) is 1.55. The van der Waals surface area contributed by atoms with Crippen LogP contribution >= 0.6 is 0 Å². The van der Waals surface area contributed by atoms with Gasteiger partial charge in [-0.3, -0.25) is 4.79 Å². The fraction of sp³-hybridized carbons (Fsp3) is 0.200. The normalized spacial score (nSPS) is 9.94. The lowest BCUT2D eigenvalue weighted by atomic mass is 10.3. The first-order valence-electron chi connectivity index (χ1n) is 5.06. The third-order valence-corrected chi connectivity index (χ3v) is 2.14. The highest BCUT2D eigenvalue weighted by atomic mass is 16.1. The fourth-order valence-electron chi connectivity index (χ4n) is 1.24. The average molecular weight is 232 g/mol. The van der Waals surface area contributed by atoms with E-state index < -0.39 is 0 Å². The standard InChI is InChI=1S/C10H12N6O/c1-11-10(17)8-2-3-9(16-15-8)13-5-7-4-12-6-14-7/h2-4,6H,5H2,1H3,(H,11,17)(H,12,14)(H,13,16). The van der Waals surface area contributed by atoms with Gasteiger partial charge in [0.2, 0.25) is 0 Å². The van der Waals surface area contributed by atoms with Crippen LogP contribution < -0.4 is 10.6 Å². The number of amides is 1. The number of imidazole rings is 1. The highest BCUT2D eigenvalue weighted by molar-refractivity contribution is 5.91. The minimum Gasteiger partial charge on any atom is -0.363 e. The van der Waals surface area contributed by atoms with E-state index in [2.05, 4.69) is 30.8 Å². The number of carbonyl (C=O) groups excluding carboxylic acids is 1. The summed E-state index contributed by atoms with van der Waals surface area (Å²) in [6.07, 6.45) is 3.33. The smallest absolute Gasteiger partial charge is 0.271 e. The van der Waals surface area contributed by atoms with Crippen LogP contribution in [0.25, 0.3) is 0 Å². The van der Waals surface area contributed by atoms with Crippen LogP contribution in [0.15, 0.2) is 24.7 Å². The van der Waals surface area contributed by atoms with E-state index >= 15 is 0 Å². The molecule has 0 atom stereocenters.